The minimum absolute atomic E-state index is 0.0617. The lowest BCUT2D eigenvalue weighted by molar-refractivity contribution is 0.0697. The van der Waals surface area contributed by atoms with Gasteiger partial charge in [-0.2, -0.15) is 0 Å². The fraction of sp³-hybridized carbons (Fsp3) is 0.417. The normalized spacial score (nSPS) is 15.6. The summed E-state index contributed by atoms with van der Waals surface area (Å²) in [6, 6.07) is 14.2. The average Bonchev–Trinajstić information content (AvgIpc) is 2.74. The van der Waals surface area contributed by atoms with Crippen LogP contribution in [-0.4, -0.2) is 35.9 Å². The number of nitrogens with zero attached hydrogens (tertiary/aromatic N) is 1. The van der Waals surface area contributed by atoms with Gasteiger partial charge in [0.2, 0.25) is 0 Å². The number of amides is 2. The maximum absolute atomic E-state index is 12.6. The van der Waals surface area contributed by atoms with E-state index in [0.717, 1.165) is 38.1 Å². The molecule has 5 nitrogen and oxygen atoms in total. The van der Waals surface area contributed by atoms with E-state index in [0.29, 0.717) is 22.7 Å². The van der Waals surface area contributed by atoms with E-state index in [-0.39, 0.29) is 17.9 Å². The van der Waals surface area contributed by atoms with Crippen LogP contribution in [0.2, 0.25) is 0 Å². The summed E-state index contributed by atoms with van der Waals surface area (Å²) in [6.45, 7) is 7.94. The highest BCUT2D eigenvalue weighted by molar-refractivity contribution is 6.04. The number of piperidine rings is 1. The second kappa shape index (κ2) is 9.59. The maximum atomic E-state index is 12.6. The largest absolute Gasteiger partial charge is 0.491 e. The van der Waals surface area contributed by atoms with Gasteiger partial charge in [-0.25, -0.2) is 0 Å². The van der Waals surface area contributed by atoms with E-state index < -0.39 is 0 Å². The van der Waals surface area contributed by atoms with Gasteiger partial charge in [0.05, 0.1) is 6.10 Å². The summed E-state index contributed by atoms with van der Waals surface area (Å²) < 4.78 is 5.74. The number of ether oxygens (including phenoxy) is 1. The van der Waals surface area contributed by atoms with Crippen molar-refractivity contribution in [3.8, 4) is 5.75 Å². The minimum Gasteiger partial charge on any atom is -0.491 e. The molecule has 1 saturated heterocycles. The number of anilines is 1. The van der Waals surface area contributed by atoms with Crippen LogP contribution >= 0.6 is 0 Å². The molecule has 1 aliphatic heterocycles. The molecule has 1 unspecified atom stereocenters. The van der Waals surface area contributed by atoms with Crippen LogP contribution < -0.4 is 10.1 Å². The first-order chi connectivity index (χ1) is 14.0. The Morgan fingerprint density at radius 1 is 1.03 bits per heavy atom. The third kappa shape index (κ3) is 5.59. The monoisotopic (exact) mass is 394 g/mol. The fourth-order valence-electron chi connectivity index (χ4n) is 3.29. The molecule has 1 atom stereocenters. The van der Waals surface area contributed by atoms with Crippen molar-refractivity contribution in [2.75, 3.05) is 18.4 Å². The van der Waals surface area contributed by atoms with Crippen molar-refractivity contribution in [3.63, 3.8) is 0 Å². The van der Waals surface area contributed by atoms with Gasteiger partial charge in [0.25, 0.3) is 11.8 Å². The van der Waals surface area contributed by atoms with Gasteiger partial charge in [-0.15, -0.1) is 0 Å². The van der Waals surface area contributed by atoms with Crippen molar-refractivity contribution >= 4 is 17.5 Å². The van der Waals surface area contributed by atoms with Gasteiger partial charge in [-0.05, 0) is 80.6 Å². The molecule has 154 valence electrons. The first-order valence-electron chi connectivity index (χ1n) is 10.4. The van der Waals surface area contributed by atoms with Gasteiger partial charge in [-0.3, -0.25) is 9.59 Å². The molecule has 3 rings (SSSR count). The van der Waals surface area contributed by atoms with Crippen LogP contribution in [0.25, 0.3) is 0 Å². The van der Waals surface area contributed by atoms with Crippen LogP contribution in [0.5, 0.6) is 5.75 Å². The molecule has 1 heterocycles. The van der Waals surface area contributed by atoms with Gasteiger partial charge >= 0.3 is 0 Å². The number of rotatable bonds is 6. The van der Waals surface area contributed by atoms with E-state index >= 15 is 0 Å². The van der Waals surface area contributed by atoms with Crippen molar-refractivity contribution in [2.45, 2.75) is 46.1 Å². The Morgan fingerprint density at radius 2 is 1.62 bits per heavy atom. The molecule has 2 aromatic rings. The first-order valence-corrected chi connectivity index (χ1v) is 10.4. The van der Waals surface area contributed by atoms with Crippen molar-refractivity contribution in [3.05, 3.63) is 59.7 Å². The quantitative estimate of drug-likeness (QED) is 0.751. The van der Waals surface area contributed by atoms with Crippen LogP contribution in [0.3, 0.4) is 0 Å². The number of hydrogen-bond acceptors (Lipinski definition) is 3. The molecular weight excluding hydrogens is 364 g/mol. The molecule has 2 amide bonds. The molecule has 1 N–H and O–H groups in total. The van der Waals surface area contributed by atoms with E-state index in [1.54, 1.807) is 36.4 Å². The topological polar surface area (TPSA) is 58.6 Å². The van der Waals surface area contributed by atoms with E-state index in [4.69, 9.17) is 4.74 Å². The Labute approximate surface area is 173 Å². The van der Waals surface area contributed by atoms with E-state index in [1.165, 1.54) is 0 Å². The summed E-state index contributed by atoms with van der Waals surface area (Å²) in [6.07, 6.45) is 3.18. The molecule has 0 aromatic heterocycles. The summed E-state index contributed by atoms with van der Waals surface area (Å²) >= 11 is 0. The number of carbonyl (C=O) groups is 2. The lowest BCUT2D eigenvalue weighted by Crippen LogP contribution is -2.37. The summed E-state index contributed by atoms with van der Waals surface area (Å²) in [7, 11) is 0. The van der Waals surface area contributed by atoms with Crippen molar-refractivity contribution in [2.24, 2.45) is 5.92 Å². The molecule has 1 fully saturated rings. The predicted octanol–water partition coefficient (Wildman–Crippen LogP) is 4.99. The zero-order chi connectivity index (χ0) is 20.8. The summed E-state index contributed by atoms with van der Waals surface area (Å²) in [4.78, 5) is 27.0. The Morgan fingerprint density at radius 3 is 2.21 bits per heavy atom. The smallest absolute Gasteiger partial charge is 0.255 e. The summed E-state index contributed by atoms with van der Waals surface area (Å²) in [5.41, 5.74) is 1.88. The highest BCUT2D eigenvalue weighted by Gasteiger charge is 2.21. The van der Waals surface area contributed by atoms with E-state index in [9.17, 15) is 9.59 Å². The molecule has 29 heavy (non-hydrogen) atoms. The lowest BCUT2D eigenvalue weighted by Gasteiger charge is -2.30. The second-order valence-corrected chi connectivity index (χ2v) is 7.87. The zero-order valence-corrected chi connectivity index (χ0v) is 17.5. The van der Waals surface area contributed by atoms with E-state index in [2.05, 4.69) is 19.2 Å². The molecular formula is C24H30N2O3. The summed E-state index contributed by atoms with van der Waals surface area (Å²) in [5.74, 6) is 1.31. The zero-order valence-electron chi connectivity index (χ0n) is 17.5. The number of hydrogen-bond donors (Lipinski definition) is 1. The molecule has 1 aliphatic rings. The maximum Gasteiger partial charge on any atom is 0.255 e. The number of carbonyl (C=O) groups excluding carboxylic acids is 2. The molecule has 0 aliphatic carbocycles. The van der Waals surface area contributed by atoms with Gasteiger partial charge in [0, 0.05) is 29.9 Å². The fourth-order valence-corrected chi connectivity index (χ4v) is 3.29. The van der Waals surface area contributed by atoms with Gasteiger partial charge in [0.15, 0.2) is 0 Å². The molecule has 0 radical (unpaired) electrons. The van der Waals surface area contributed by atoms with Gasteiger partial charge in [0.1, 0.15) is 5.75 Å². The third-order valence-corrected chi connectivity index (χ3v) is 5.49. The van der Waals surface area contributed by atoms with Crippen molar-refractivity contribution in [1.82, 2.24) is 4.90 Å². The standard InChI is InChI=1S/C24H30N2O3/c1-4-18(3)29-22-11-7-19(8-12-22)23(27)25-21-9-5-20(6-10-21)24(28)26-15-13-17(2)14-16-26/h5-12,17-18H,4,13-16H2,1-3H3,(H,25,27). The van der Waals surface area contributed by atoms with Crippen LogP contribution in [-0.2, 0) is 0 Å². The first kappa shape index (κ1) is 20.9. The number of likely N-dealkylation sites (tertiary alicyclic amines) is 1. The molecule has 0 saturated carbocycles. The van der Waals surface area contributed by atoms with Gasteiger partial charge in [-0.1, -0.05) is 13.8 Å². The highest BCUT2D eigenvalue weighted by Crippen LogP contribution is 2.20. The van der Waals surface area contributed by atoms with Crippen LogP contribution in [0, 0.1) is 5.92 Å². The Balaban J connectivity index is 1.57. The van der Waals surface area contributed by atoms with Crippen LogP contribution in [0.15, 0.2) is 48.5 Å². The number of benzene rings is 2. The number of nitrogens with one attached hydrogen (secondary N) is 1. The molecule has 0 bridgehead atoms. The van der Waals surface area contributed by atoms with Gasteiger partial charge < -0.3 is 15.0 Å². The molecule has 2 aromatic carbocycles. The predicted molar refractivity (Wildman–Crippen MR) is 116 cm³/mol. The van der Waals surface area contributed by atoms with Crippen LogP contribution in [0.4, 0.5) is 5.69 Å². The van der Waals surface area contributed by atoms with E-state index in [1.807, 2.05) is 24.0 Å². The van der Waals surface area contributed by atoms with Crippen LogP contribution in [0.1, 0.15) is 60.7 Å². The summed E-state index contributed by atoms with van der Waals surface area (Å²) in [5, 5.41) is 2.88. The average molecular weight is 395 g/mol. The lowest BCUT2D eigenvalue weighted by atomic mass is 9.98. The highest BCUT2D eigenvalue weighted by atomic mass is 16.5. The molecule has 5 heteroatoms. The molecule has 0 spiro atoms. The Hall–Kier alpha value is -2.82. The second-order valence-electron chi connectivity index (χ2n) is 7.87. The Bertz CT molecular complexity index is 822. The minimum atomic E-state index is -0.191. The van der Waals surface area contributed by atoms with Crippen molar-refractivity contribution < 1.29 is 14.3 Å². The van der Waals surface area contributed by atoms with Crippen molar-refractivity contribution in [1.29, 1.82) is 0 Å². The third-order valence-electron chi connectivity index (χ3n) is 5.49. The SMILES string of the molecule is CCC(C)Oc1ccc(C(=O)Nc2ccc(C(=O)N3CCC(C)CC3)cc2)cc1. The Kier molecular flexibility index (Phi) is 6.91.